The van der Waals surface area contributed by atoms with Crippen molar-refractivity contribution < 1.29 is 26.5 Å². The van der Waals surface area contributed by atoms with Crippen LogP contribution in [0.2, 0.25) is 0 Å². The van der Waals surface area contributed by atoms with E-state index in [0.29, 0.717) is 18.7 Å². The van der Waals surface area contributed by atoms with Gasteiger partial charge < -0.3 is 22.2 Å². The highest BCUT2D eigenvalue weighted by atomic mass is 35.5. The van der Waals surface area contributed by atoms with Gasteiger partial charge in [-0.1, -0.05) is 71.6 Å². The van der Waals surface area contributed by atoms with E-state index >= 15 is 0 Å². The van der Waals surface area contributed by atoms with Crippen molar-refractivity contribution in [2.45, 2.75) is 110 Å². The maximum Gasteiger partial charge on any atom is 0.226 e. The van der Waals surface area contributed by atoms with Gasteiger partial charge in [-0.15, -0.1) is 0 Å². The summed E-state index contributed by atoms with van der Waals surface area (Å²) in [5.41, 5.74) is 0. The van der Waals surface area contributed by atoms with Crippen molar-refractivity contribution in [2.75, 3.05) is 39.9 Å². The van der Waals surface area contributed by atoms with E-state index in [1.54, 1.807) is 0 Å². The molecule has 0 spiro atoms. The van der Waals surface area contributed by atoms with Gasteiger partial charge in [-0.3, -0.25) is 14.5 Å². The SMILES string of the molecule is CCCCCCCCCCCC(=O)NCCC[N+](C)(CCCC)CN1CCCC1=O.[Cl-]. The summed E-state index contributed by atoms with van der Waals surface area (Å²) < 4.78 is 0.910. The summed E-state index contributed by atoms with van der Waals surface area (Å²) in [6.45, 7) is 9.09. The Morgan fingerprint density at radius 1 is 0.903 bits per heavy atom. The minimum Gasteiger partial charge on any atom is -1.00 e. The Labute approximate surface area is 198 Å². The van der Waals surface area contributed by atoms with Gasteiger partial charge in [-0.25, -0.2) is 0 Å². The second-order valence-corrected chi connectivity index (χ2v) is 9.60. The minimum atomic E-state index is 0. The third-order valence-corrected chi connectivity index (χ3v) is 6.44. The highest BCUT2D eigenvalue weighted by Crippen LogP contribution is 2.16. The molecule has 1 heterocycles. The highest BCUT2D eigenvalue weighted by Gasteiger charge is 2.29. The number of nitrogens with zero attached hydrogens (tertiary/aromatic N) is 2. The van der Waals surface area contributed by atoms with Crippen molar-refractivity contribution in [3.05, 3.63) is 0 Å². The van der Waals surface area contributed by atoms with Crippen LogP contribution in [0.15, 0.2) is 0 Å². The van der Waals surface area contributed by atoms with Crippen LogP contribution in [-0.2, 0) is 9.59 Å². The number of amides is 2. The van der Waals surface area contributed by atoms with E-state index < -0.39 is 0 Å². The van der Waals surface area contributed by atoms with Gasteiger partial charge in [-0.05, 0) is 19.3 Å². The lowest BCUT2D eigenvalue weighted by atomic mass is 10.1. The van der Waals surface area contributed by atoms with Crippen LogP contribution in [0.4, 0.5) is 0 Å². The molecule has 2 amide bonds. The first-order valence-corrected chi connectivity index (χ1v) is 12.9. The smallest absolute Gasteiger partial charge is 0.226 e. The Morgan fingerprint density at radius 2 is 1.48 bits per heavy atom. The molecule has 1 fully saturated rings. The Hall–Kier alpha value is -0.810. The maximum atomic E-state index is 12.1. The van der Waals surface area contributed by atoms with Gasteiger partial charge in [0, 0.05) is 32.4 Å². The monoisotopic (exact) mass is 459 g/mol. The second kappa shape index (κ2) is 18.7. The van der Waals surface area contributed by atoms with Crippen LogP contribution in [0.3, 0.4) is 0 Å². The van der Waals surface area contributed by atoms with Crippen LogP contribution in [0.25, 0.3) is 0 Å². The number of hydrogen-bond acceptors (Lipinski definition) is 2. The van der Waals surface area contributed by atoms with E-state index in [-0.39, 0.29) is 18.3 Å². The molecule has 0 aliphatic carbocycles. The van der Waals surface area contributed by atoms with E-state index in [1.807, 2.05) is 4.90 Å². The van der Waals surface area contributed by atoms with Crippen LogP contribution < -0.4 is 17.7 Å². The molecule has 1 unspecified atom stereocenters. The fraction of sp³-hybridized carbons (Fsp3) is 0.920. The van der Waals surface area contributed by atoms with Crippen molar-refractivity contribution in [3.63, 3.8) is 0 Å². The number of hydrogen-bond donors (Lipinski definition) is 1. The zero-order valence-corrected chi connectivity index (χ0v) is 21.5. The second-order valence-electron chi connectivity index (χ2n) is 9.60. The van der Waals surface area contributed by atoms with Gasteiger partial charge in [0.05, 0.1) is 20.1 Å². The first-order chi connectivity index (χ1) is 14.5. The average molecular weight is 460 g/mol. The zero-order valence-electron chi connectivity index (χ0n) is 20.7. The van der Waals surface area contributed by atoms with Crippen molar-refractivity contribution in [1.29, 1.82) is 0 Å². The fourth-order valence-corrected chi connectivity index (χ4v) is 4.43. The van der Waals surface area contributed by atoms with Crippen LogP contribution in [0.1, 0.15) is 110 Å². The largest absolute Gasteiger partial charge is 1.00 e. The first kappa shape index (κ1) is 30.2. The number of carbonyl (C=O) groups excluding carboxylic acids is 2. The van der Waals surface area contributed by atoms with Crippen molar-refractivity contribution >= 4 is 11.8 Å². The lowest BCUT2D eigenvalue weighted by Gasteiger charge is -2.37. The molecule has 6 heteroatoms. The van der Waals surface area contributed by atoms with Gasteiger partial charge >= 0.3 is 0 Å². The van der Waals surface area contributed by atoms with Gasteiger partial charge in [0.2, 0.25) is 11.8 Å². The van der Waals surface area contributed by atoms with E-state index in [4.69, 9.17) is 0 Å². The van der Waals surface area contributed by atoms with Crippen LogP contribution in [0, 0.1) is 0 Å². The summed E-state index contributed by atoms with van der Waals surface area (Å²) in [7, 11) is 2.27. The van der Waals surface area contributed by atoms with E-state index in [1.165, 1.54) is 64.2 Å². The molecule has 184 valence electrons. The molecule has 1 atom stereocenters. The van der Waals surface area contributed by atoms with E-state index in [2.05, 4.69) is 26.2 Å². The van der Waals surface area contributed by atoms with Crippen molar-refractivity contribution in [3.8, 4) is 0 Å². The highest BCUT2D eigenvalue weighted by molar-refractivity contribution is 5.77. The Balaban J connectivity index is 0.00000900. The molecule has 1 aliphatic heterocycles. The average Bonchev–Trinajstić information content (AvgIpc) is 3.12. The molecular weight excluding hydrogens is 410 g/mol. The fourth-order valence-electron chi connectivity index (χ4n) is 4.43. The summed E-state index contributed by atoms with van der Waals surface area (Å²) in [4.78, 5) is 26.2. The number of unbranched alkanes of at least 4 members (excludes halogenated alkanes) is 9. The quantitative estimate of drug-likeness (QED) is 0.238. The number of carbonyl (C=O) groups is 2. The number of halogens is 1. The van der Waals surface area contributed by atoms with Crippen molar-refractivity contribution in [1.82, 2.24) is 10.2 Å². The molecule has 0 radical (unpaired) electrons. The molecule has 1 rings (SSSR count). The first-order valence-electron chi connectivity index (χ1n) is 12.9. The lowest BCUT2D eigenvalue weighted by molar-refractivity contribution is -0.918. The van der Waals surface area contributed by atoms with Gasteiger partial charge in [0.1, 0.15) is 0 Å². The molecule has 0 aromatic heterocycles. The summed E-state index contributed by atoms with van der Waals surface area (Å²) >= 11 is 0. The molecule has 0 aromatic carbocycles. The Morgan fingerprint density at radius 3 is 2.06 bits per heavy atom. The molecule has 1 N–H and O–H groups in total. The minimum absolute atomic E-state index is 0. The predicted octanol–water partition coefficient (Wildman–Crippen LogP) is 2.24. The molecule has 5 nitrogen and oxygen atoms in total. The molecule has 0 saturated carbocycles. The van der Waals surface area contributed by atoms with E-state index in [0.717, 1.165) is 56.6 Å². The summed E-state index contributed by atoms with van der Waals surface area (Å²) in [5, 5.41) is 3.11. The van der Waals surface area contributed by atoms with Crippen LogP contribution in [-0.4, -0.2) is 61.1 Å². The predicted molar refractivity (Wildman–Crippen MR) is 126 cm³/mol. The normalized spacial score (nSPS) is 15.6. The molecular formula is C25H50ClN3O2. The topological polar surface area (TPSA) is 49.4 Å². The Bertz CT molecular complexity index is 476. The standard InChI is InChI=1S/C25H49N3O2.ClH/c1-4-6-8-9-10-11-12-13-14-17-24(29)26-19-16-22-28(3,21-7-5-2)23-27-20-15-18-25(27)30;/h4-23H2,1-3H3;1H. The summed E-state index contributed by atoms with van der Waals surface area (Å²) in [5.74, 6) is 0.514. The lowest BCUT2D eigenvalue weighted by Crippen LogP contribution is -3.00. The molecule has 1 aliphatic rings. The molecule has 31 heavy (non-hydrogen) atoms. The number of rotatable bonds is 19. The van der Waals surface area contributed by atoms with Gasteiger partial charge in [0.15, 0.2) is 6.67 Å². The van der Waals surface area contributed by atoms with Crippen LogP contribution in [0.5, 0.6) is 0 Å². The molecule has 0 aromatic rings. The Kier molecular flexibility index (Phi) is 18.2. The molecule has 0 bridgehead atoms. The van der Waals surface area contributed by atoms with E-state index in [9.17, 15) is 9.59 Å². The van der Waals surface area contributed by atoms with Crippen molar-refractivity contribution in [2.24, 2.45) is 0 Å². The number of quaternary nitrogens is 1. The number of nitrogens with one attached hydrogen (secondary N) is 1. The maximum absolute atomic E-state index is 12.1. The summed E-state index contributed by atoms with van der Waals surface area (Å²) in [6.07, 6.45) is 17.3. The van der Waals surface area contributed by atoms with Crippen LogP contribution >= 0.6 is 0 Å². The van der Waals surface area contributed by atoms with Gasteiger partial charge in [-0.2, -0.15) is 0 Å². The third kappa shape index (κ3) is 14.8. The molecule has 1 saturated heterocycles. The number of likely N-dealkylation sites (tertiary alicyclic amines) is 1. The third-order valence-electron chi connectivity index (χ3n) is 6.44. The zero-order chi connectivity index (χ0) is 22.1. The summed E-state index contributed by atoms with van der Waals surface area (Å²) in [6, 6.07) is 0. The van der Waals surface area contributed by atoms with Gasteiger partial charge in [0.25, 0.3) is 0 Å².